The van der Waals surface area contributed by atoms with E-state index in [2.05, 4.69) is 10.0 Å². The van der Waals surface area contributed by atoms with E-state index in [1.54, 1.807) is 30.3 Å². The van der Waals surface area contributed by atoms with Crippen molar-refractivity contribution in [3.63, 3.8) is 0 Å². The first-order valence-electron chi connectivity index (χ1n) is 9.79. The molecule has 0 aliphatic heterocycles. The summed E-state index contributed by atoms with van der Waals surface area (Å²) in [6.45, 7) is -0.122. The first-order chi connectivity index (χ1) is 15.3. The Morgan fingerprint density at radius 2 is 1.41 bits per heavy atom. The van der Waals surface area contributed by atoms with Crippen molar-refractivity contribution in [2.75, 3.05) is 6.54 Å². The van der Waals surface area contributed by atoms with E-state index in [0.29, 0.717) is 5.56 Å². The summed E-state index contributed by atoms with van der Waals surface area (Å²) >= 11 is 0. The number of halogens is 3. The van der Waals surface area contributed by atoms with Crippen LogP contribution < -0.4 is 10.0 Å². The lowest BCUT2D eigenvalue weighted by Gasteiger charge is -2.19. The monoisotopic (exact) mass is 462 g/mol. The molecule has 0 aliphatic carbocycles. The van der Waals surface area contributed by atoms with Crippen molar-refractivity contribution < 1.29 is 26.4 Å². The highest BCUT2D eigenvalue weighted by Crippen LogP contribution is 2.15. The highest BCUT2D eigenvalue weighted by molar-refractivity contribution is 7.89. The SMILES string of the molecule is O=C(NCCc1c(F)cccc1F)[C@H](Cc1ccccc1)NS(=O)(=O)c1ccccc1F. The third kappa shape index (κ3) is 5.95. The van der Waals surface area contributed by atoms with Crippen molar-refractivity contribution in [3.8, 4) is 0 Å². The summed E-state index contributed by atoms with van der Waals surface area (Å²) in [7, 11) is -4.35. The standard InChI is InChI=1S/C23H21F3N2O3S/c24-18-10-6-11-19(25)17(18)13-14-27-23(29)21(15-16-7-2-1-3-8-16)28-32(30,31)22-12-5-4-9-20(22)26/h1-12,21,28H,13-15H2,(H,27,29)/t21-/m0/s1. The van der Waals surface area contributed by atoms with Gasteiger partial charge in [0.05, 0.1) is 0 Å². The van der Waals surface area contributed by atoms with Crippen LogP contribution in [0, 0.1) is 17.5 Å². The van der Waals surface area contributed by atoms with Crippen LogP contribution in [0.2, 0.25) is 0 Å². The summed E-state index contributed by atoms with van der Waals surface area (Å²) in [6, 6.07) is 15.7. The fourth-order valence-electron chi connectivity index (χ4n) is 3.16. The van der Waals surface area contributed by atoms with Gasteiger partial charge in [0.25, 0.3) is 0 Å². The first-order valence-corrected chi connectivity index (χ1v) is 11.3. The molecule has 9 heteroatoms. The Morgan fingerprint density at radius 3 is 2.06 bits per heavy atom. The van der Waals surface area contributed by atoms with Crippen molar-refractivity contribution in [3.05, 3.63) is 101 Å². The van der Waals surface area contributed by atoms with Crippen LogP contribution in [0.5, 0.6) is 0 Å². The molecule has 1 amide bonds. The molecule has 0 spiro atoms. The maximum absolute atomic E-state index is 14.0. The Kier molecular flexibility index (Phi) is 7.66. The van der Waals surface area contributed by atoms with Gasteiger partial charge in [-0.15, -0.1) is 0 Å². The minimum absolute atomic E-state index is 0.00554. The van der Waals surface area contributed by atoms with Gasteiger partial charge < -0.3 is 5.32 Å². The fourth-order valence-corrected chi connectivity index (χ4v) is 4.43. The number of carbonyl (C=O) groups excluding carboxylic acids is 1. The molecule has 0 unspecified atom stereocenters. The van der Waals surface area contributed by atoms with Gasteiger partial charge in [0, 0.05) is 12.1 Å². The second-order valence-corrected chi connectivity index (χ2v) is 8.72. The van der Waals surface area contributed by atoms with E-state index in [9.17, 15) is 26.4 Å². The topological polar surface area (TPSA) is 75.3 Å². The molecule has 3 aromatic carbocycles. The lowest BCUT2D eigenvalue weighted by molar-refractivity contribution is -0.122. The molecule has 5 nitrogen and oxygen atoms in total. The largest absolute Gasteiger partial charge is 0.354 e. The van der Waals surface area contributed by atoms with Crippen LogP contribution in [-0.4, -0.2) is 26.9 Å². The predicted octanol–water partition coefficient (Wildman–Crippen LogP) is 3.35. The Bertz CT molecular complexity index is 1170. The molecule has 168 valence electrons. The summed E-state index contributed by atoms with van der Waals surface area (Å²) in [4.78, 5) is 12.2. The molecule has 3 rings (SSSR count). The normalized spacial score (nSPS) is 12.3. The zero-order chi connectivity index (χ0) is 23.1. The van der Waals surface area contributed by atoms with Gasteiger partial charge in [0.1, 0.15) is 28.4 Å². The van der Waals surface area contributed by atoms with E-state index in [-0.39, 0.29) is 24.9 Å². The molecule has 0 fully saturated rings. The maximum atomic E-state index is 14.0. The number of hydrogen-bond donors (Lipinski definition) is 2. The zero-order valence-electron chi connectivity index (χ0n) is 16.9. The molecule has 0 saturated heterocycles. The van der Waals surface area contributed by atoms with E-state index < -0.39 is 44.3 Å². The number of rotatable bonds is 9. The van der Waals surface area contributed by atoms with Crippen LogP contribution in [0.1, 0.15) is 11.1 Å². The Labute approximate surface area is 184 Å². The van der Waals surface area contributed by atoms with Crippen molar-refractivity contribution in [1.29, 1.82) is 0 Å². The average Bonchev–Trinajstić information content (AvgIpc) is 2.76. The molecule has 3 aromatic rings. The quantitative estimate of drug-likeness (QED) is 0.512. The number of sulfonamides is 1. The third-order valence-electron chi connectivity index (χ3n) is 4.76. The zero-order valence-corrected chi connectivity index (χ0v) is 17.7. The van der Waals surface area contributed by atoms with Crippen molar-refractivity contribution >= 4 is 15.9 Å². The summed E-state index contributed by atoms with van der Waals surface area (Å²) in [5.74, 6) is -3.12. The fraction of sp³-hybridized carbons (Fsp3) is 0.174. The van der Waals surface area contributed by atoms with Crippen LogP contribution in [-0.2, 0) is 27.7 Å². The molecule has 2 N–H and O–H groups in total. The number of nitrogens with one attached hydrogen (secondary N) is 2. The number of amides is 1. The summed E-state index contributed by atoms with van der Waals surface area (Å²) in [5, 5.41) is 2.50. The Hall–Kier alpha value is -3.17. The van der Waals surface area contributed by atoms with Crippen LogP contribution >= 0.6 is 0 Å². The second-order valence-electron chi connectivity index (χ2n) is 7.04. The van der Waals surface area contributed by atoms with Crippen molar-refractivity contribution in [2.24, 2.45) is 0 Å². The van der Waals surface area contributed by atoms with Crippen LogP contribution in [0.15, 0.2) is 77.7 Å². The number of carbonyl (C=O) groups is 1. The molecule has 32 heavy (non-hydrogen) atoms. The van der Waals surface area contributed by atoms with E-state index >= 15 is 0 Å². The molecule has 0 saturated carbocycles. The molecule has 1 atom stereocenters. The smallest absolute Gasteiger partial charge is 0.244 e. The molecular weight excluding hydrogens is 441 g/mol. The molecule has 0 heterocycles. The number of hydrogen-bond acceptors (Lipinski definition) is 3. The van der Waals surface area contributed by atoms with Crippen LogP contribution in [0.3, 0.4) is 0 Å². The van der Waals surface area contributed by atoms with Gasteiger partial charge in [0.15, 0.2) is 0 Å². The van der Waals surface area contributed by atoms with Crippen molar-refractivity contribution in [2.45, 2.75) is 23.8 Å². The van der Waals surface area contributed by atoms with Gasteiger partial charge in [-0.2, -0.15) is 4.72 Å². The highest BCUT2D eigenvalue weighted by Gasteiger charge is 2.27. The van der Waals surface area contributed by atoms with Gasteiger partial charge >= 0.3 is 0 Å². The van der Waals surface area contributed by atoms with Gasteiger partial charge in [-0.1, -0.05) is 48.5 Å². The lowest BCUT2D eigenvalue weighted by Crippen LogP contribution is -2.48. The van der Waals surface area contributed by atoms with Crippen LogP contribution in [0.25, 0.3) is 0 Å². The molecule has 0 bridgehead atoms. The minimum Gasteiger partial charge on any atom is -0.354 e. The maximum Gasteiger partial charge on any atom is 0.244 e. The predicted molar refractivity (Wildman–Crippen MR) is 114 cm³/mol. The molecule has 0 aromatic heterocycles. The molecule has 0 radical (unpaired) electrons. The summed E-state index contributed by atoms with van der Waals surface area (Å²) in [6.07, 6.45) is -0.128. The van der Waals surface area contributed by atoms with Crippen LogP contribution in [0.4, 0.5) is 13.2 Å². The van der Waals surface area contributed by atoms with Crippen molar-refractivity contribution in [1.82, 2.24) is 10.0 Å². The van der Waals surface area contributed by atoms with E-state index in [4.69, 9.17) is 0 Å². The minimum atomic E-state index is -4.35. The molecule has 0 aliphatic rings. The number of benzene rings is 3. The van der Waals surface area contributed by atoms with Gasteiger partial charge in [-0.25, -0.2) is 21.6 Å². The Balaban J connectivity index is 1.76. The average molecular weight is 462 g/mol. The third-order valence-corrected chi connectivity index (χ3v) is 6.26. The summed E-state index contributed by atoms with van der Waals surface area (Å²) < 4.78 is 69.3. The molecular formula is C23H21F3N2O3S. The first kappa shape index (κ1) is 23.5. The van der Waals surface area contributed by atoms with E-state index in [1.807, 2.05) is 0 Å². The second kappa shape index (κ2) is 10.4. The van der Waals surface area contributed by atoms with E-state index in [0.717, 1.165) is 24.3 Å². The highest BCUT2D eigenvalue weighted by atomic mass is 32.2. The van der Waals surface area contributed by atoms with Gasteiger partial charge in [0.2, 0.25) is 15.9 Å². The van der Waals surface area contributed by atoms with Gasteiger partial charge in [-0.05, 0) is 42.7 Å². The van der Waals surface area contributed by atoms with E-state index in [1.165, 1.54) is 18.2 Å². The Morgan fingerprint density at radius 1 is 0.812 bits per heavy atom. The lowest BCUT2D eigenvalue weighted by atomic mass is 10.1. The summed E-state index contributed by atoms with van der Waals surface area (Å²) in [5.41, 5.74) is 0.489. The van der Waals surface area contributed by atoms with Gasteiger partial charge in [-0.3, -0.25) is 4.79 Å².